The monoisotopic (exact) mass is 263 g/mol. The summed E-state index contributed by atoms with van der Waals surface area (Å²) in [5, 5.41) is 19.5. The summed E-state index contributed by atoms with van der Waals surface area (Å²) in [5.41, 5.74) is -0.792. The van der Waals surface area contributed by atoms with Gasteiger partial charge in [-0.25, -0.2) is 0 Å². The van der Waals surface area contributed by atoms with E-state index >= 15 is 0 Å². The van der Waals surface area contributed by atoms with Crippen LogP contribution in [0.4, 0.5) is 5.69 Å². The molecule has 0 spiro atoms. The lowest BCUT2D eigenvalue weighted by Crippen LogP contribution is -2.27. The molecule has 1 heterocycles. The number of aromatic nitrogens is 1. The highest BCUT2D eigenvalue weighted by molar-refractivity contribution is 5.81. The molecule has 0 fully saturated rings. The average molecular weight is 263 g/mol. The molecule has 7 nitrogen and oxygen atoms in total. The summed E-state index contributed by atoms with van der Waals surface area (Å²) in [6.07, 6.45) is 1.00. The van der Waals surface area contributed by atoms with E-state index in [-0.39, 0.29) is 11.4 Å². The Balaban J connectivity index is 2.95. The number of ether oxygens (including phenoxy) is 1. The zero-order valence-corrected chi connectivity index (χ0v) is 10.8. The summed E-state index contributed by atoms with van der Waals surface area (Å²) in [6, 6.07) is 4.25. The van der Waals surface area contributed by atoms with Gasteiger partial charge in [0, 0.05) is 6.07 Å². The topological polar surface area (TPSA) is 106 Å². The minimum atomic E-state index is -1.19. The van der Waals surface area contributed by atoms with Crippen molar-refractivity contribution in [1.29, 1.82) is 5.26 Å². The number of hydrogen-bond donors (Lipinski definition) is 0. The Morgan fingerprint density at radius 1 is 1.53 bits per heavy atom. The van der Waals surface area contributed by atoms with Gasteiger partial charge in [-0.3, -0.25) is 19.9 Å². The number of hydrogen-bond acceptors (Lipinski definition) is 6. The Bertz CT molecular complexity index is 525. The summed E-state index contributed by atoms with van der Waals surface area (Å²) in [4.78, 5) is 25.4. The molecule has 0 bridgehead atoms. The average Bonchev–Trinajstić information content (AvgIpc) is 2.28. The van der Waals surface area contributed by atoms with Crippen molar-refractivity contribution in [3.8, 4) is 6.07 Å². The number of nitriles is 1. The minimum Gasteiger partial charge on any atom is -0.459 e. The fraction of sp³-hybridized carbons (Fsp3) is 0.417. The van der Waals surface area contributed by atoms with Gasteiger partial charge in [-0.15, -0.1) is 0 Å². The van der Waals surface area contributed by atoms with Crippen LogP contribution in [-0.2, 0) is 9.53 Å². The number of carbonyl (C=O) groups excluding carboxylic acids is 1. The van der Waals surface area contributed by atoms with Gasteiger partial charge in [-0.2, -0.15) is 5.26 Å². The zero-order valence-electron chi connectivity index (χ0n) is 10.8. The van der Waals surface area contributed by atoms with Gasteiger partial charge in [-0.1, -0.05) is 0 Å². The maximum atomic E-state index is 11.8. The van der Waals surface area contributed by atoms with Gasteiger partial charge in [0.1, 0.15) is 11.8 Å². The lowest BCUT2D eigenvalue weighted by atomic mass is 10.1. The molecular weight excluding hydrogens is 250 g/mol. The first-order valence-electron chi connectivity index (χ1n) is 5.47. The Kier molecular flexibility index (Phi) is 4.17. The van der Waals surface area contributed by atoms with Crippen molar-refractivity contribution in [2.24, 2.45) is 0 Å². The van der Waals surface area contributed by atoms with Crippen LogP contribution in [0.25, 0.3) is 0 Å². The number of nitrogens with zero attached hydrogens (tertiary/aromatic N) is 3. The first kappa shape index (κ1) is 14.6. The van der Waals surface area contributed by atoms with Gasteiger partial charge in [-0.05, 0) is 26.8 Å². The van der Waals surface area contributed by atoms with E-state index in [1.165, 1.54) is 12.1 Å². The van der Waals surface area contributed by atoms with Crippen molar-refractivity contribution in [1.82, 2.24) is 4.98 Å². The van der Waals surface area contributed by atoms with Crippen LogP contribution in [-0.4, -0.2) is 21.5 Å². The highest BCUT2D eigenvalue weighted by Crippen LogP contribution is 2.20. The molecule has 0 radical (unpaired) electrons. The number of carbonyl (C=O) groups is 1. The first-order chi connectivity index (χ1) is 8.74. The largest absolute Gasteiger partial charge is 0.459 e. The summed E-state index contributed by atoms with van der Waals surface area (Å²) in [7, 11) is 0. The van der Waals surface area contributed by atoms with Gasteiger partial charge < -0.3 is 4.74 Å². The molecule has 0 aliphatic carbocycles. The minimum absolute atomic E-state index is 0.127. The van der Waals surface area contributed by atoms with E-state index in [0.717, 1.165) is 6.20 Å². The smallest absolute Gasteiger partial charge is 0.330 e. The molecule has 100 valence electrons. The van der Waals surface area contributed by atoms with Crippen LogP contribution in [0.3, 0.4) is 0 Å². The maximum Gasteiger partial charge on any atom is 0.330 e. The lowest BCUT2D eigenvalue weighted by Gasteiger charge is -2.21. The summed E-state index contributed by atoms with van der Waals surface area (Å²) in [5.74, 6) is -1.92. The Morgan fingerprint density at radius 3 is 2.53 bits per heavy atom. The van der Waals surface area contributed by atoms with Crippen LogP contribution in [0.5, 0.6) is 0 Å². The van der Waals surface area contributed by atoms with Gasteiger partial charge >= 0.3 is 5.97 Å². The molecule has 0 saturated carbocycles. The van der Waals surface area contributed by atoms with Crippen LogP contribution in [0, 0.1) is 21.4 Å². The van der Waals surface area contributed by atoms with E-state index in [9.17, 15) is 14.9 Å². The highest BCUT2D eigenvalue weighted by atomic mass is 16.6. The zero-order chi connectivity index (χ0) is 14.6. The number of rotatable bonds is 3. The fourth-order valence-electron chi connectivity index (χ4n) is 1.28. The molecule has 0 amide bonds. The van der Waals surface area contributed by atoms with Crippen LogP contribution < -0.4 is 0 Å². The quantitative estimate of drug-likeness (QED) is 0.468. The SMILES string of the molecule is CC(C)(C)OC(=O)[C@H](C#N)c1ccc([N+](=O)[O-])cn1. The Hall–Kier alpha value is -2.49. The van der Waals surface area contributed by atoms with Crippen molar-refractivity contribution < 1.29 is 14.5 Å². The van der Waals surface area contributed by atoms with E-state index in [4.69, 9.17) is 10.00 Å². The van der Waals surface area contributed by atoms with Gasteiger partial charge in [0.05, 0.1) is 16.7 Å². The number of nitro groups is 1. The third kappa shape index (κ3) is 4.03. The summed E-state index contributed by atoms with van der Waals surface area (Å²) >= 11 is 0. The van der Waals surface area contributed by atoms with Crippen LogP contribution in [0.1, 0.15) is 32.4 Å². The van der Waals surface area contributed by atoms with Crippen LogP contribution >= 0.6 is 0 Å². The lowest BCUT2D eigenvalue weighted by molar-refractivity contribution is -0.385. The maximum absolute atomic E-state index is 11.8. The van der Waals surface area contributed by atoms with Gasteiger partial charge in [0.2, 0.25) is 0 Å². The molecule has 0 aliphatic heterocycles. The molecule has 1 aromatic rings. The Morgan fingerprint density at radius 2 is 2.16 bits per heavy atom. The van der Waals surface area contributed by atoms with Crippen molar-refractivity contribution in [2.45, 2.75) is 32.3 Å². The third-order valence-corrected chi connectivity index (χ3v) is 2.05. The molecule has 0 saturated heterocycles. The van der Waals surface area contributed by atoms with E-state index in [2.05, 4.69) is 4.98 Å². The third-order valence-electron chi connectivity index (χ3n) is 2.05. The molecule has 0 N–H and O–H groups in total. The summed E-state index contributed by atoms with van der Waals surface area (Å²) < 4.78 is 5.09. The molecule has 1 atom stereocenters. The van der Waals surface area contributed by atoms with E-state index in [1.54, 1.807) is 26.8 Å². The van der Waals surface area contributed by atoms with Gasteiger partial charge in [0.25, 0.3) is 5.69 Å². The second-order valence-electron chi connectivity index (χ2n) is 4.79. The molecule has 7 heteroatoms. The summed E-state index contributed by atoms with van der Waals surface area (Å²) in [6.45, 7) is 5.05. The first-order valence-corrected chi connectivity index (χ1v) is 5.47. The molecule has 1 rings (SSSR count). The standard InChI is InChI=1S/C12H13N3O4/c1-12(2,3)19-11(16)9(6-13)10-5-4-8(7-14-10)15(17)18/h4-5,7,9H,1-3H3/t9-/m1/s1. The molecule has 0 unspecified atom stereocenters. The van der Waals surface area contributed by atoms with Crippen LogP contribution in [0.2, 0.25) is 0 Å². The predicted octanol–water partition coefficient (Wildman–Crippen LogP) is 1.94. The number of esters is 1. The predicted molar refractivity (Wildman–Crippen MR) is 65.1 cm³/mol. The second kappa shape index (κ2) is 5.44. The molecular formula is C12H13N3O4. The van der Waals surface area contributed by atoms with Gasteiger partial charge in [0.15, 0.2) is 5.92 Å². The van der Waals surface area contributed by atoms with E-state index in [0.29, 0.717) is 0 Å². The molecule has 1 aromatic heterocycles. The van der Waals surface area contributed by atoms with E-state index in [1.807, 2.05) is 0 Å². The highest BCUT2D eigenvalue weighted by Gasteiger charge is 2.28. The molecule has 0 aromatic carbocycles. The van der Waals surface area contributed by atoms with Crippen molar-refractivity contribution in [2.75, 3.05) is 0 Å². The van der Waals surface area contributed by atoms with Crippen molar-refractivity contribution >= 4 is 11.7 Å². The number of pyridine rings is 1. The van der Waals surface area contributed by atoms with E-state index < -0.39 is 22.4 Å². The Labute approximate surface area is 110 Å². The normalized spacial score (nSPS) is 12.3. The van der Waals surface area contributed by atoms with Crippen molar-refractivity contribution in [3.63, 3.8) is 0 Å². The fourth-order valence-corrected chi connectivity index (χ4v) is 1.28. The second-order valence-corrected chi connectivity index (χ2v) is 4.79. The van der Waals surface area contributed by atoms with Crippen LogP contribution in [0.15, 0.2) is 18.3 Å². The molecule has 19 heavy (non-hydrogen) atoms. The molecule has 0 aliphatic rings. The van der Waals surface area contributed by atoms with Crippen molar-refractivity contribution in [3.05, 3.63) is 34.1 Å².